The van der Waals surface area contributed by atoms with E-state index in [9.17, 15) is 0 Å². The molecule has 2 nitrogen and oxygen atoms in total. The summed E-state index contributed by atoms with van der Waals surface area (Å²) >= 11 is 5.52. The van der Waals surface area contributed by atoms with Crippen LogP contribution in [0, 0.1) is 0 Å². The number of fused-ring (bicyclic) bond motifs is 1. The second kappa shape index (κ2) is 5.68. The number of ether oxygens (including phenoxy) is 1. The Morgan fingerprint density at radius 2 is 2.05 bits per heavy atom. The topological polar surface area (TPSA) is 21.3 Å². The van der Waals surface area contributed by atoms with Gasteiger partial charge in [-0.05, 0) is 23.6 Å². The van der Waals surface area contributed by atoms with Gasteiger partial charge in [-0.3, -0.25) is 0 Å². The van der Waals surface area contributed by atoms with Crippen LogP contribution in [0.25, 0.3) is 10.8 Å². The fourth-order valence-electron chi connectivity index (χ4n) is 2.53. The van der Waals surface area contributed by atoms with Crippen LogP contribution >= 0.6 is 12.2 Å². The Labute approximate surface area is 118 Å². The van der Waals surface area contributed by atoms with Gasteiger partial charge in [-0.25, -0.2) is 0 Å². The van der Waals surface area contributed by atoms with Crippen molar-refractivity contribution in [3.8, 4) is 0 Å². The Morgan fingerprint density at radius 3 is 2.89 bits per heavy atom. The smallest absolute Gasteiger partial charge is 0.107 e. The van der Waals surface area contributed by atoms with E-state index in [0.29, 0.717) is 6.10 Å². The zero-order valence-electron chi connectivity index (χ0n) is 10.8. The molecule has 98 valence electrons. The van der Waals surface area contributed by atoms with Crippen LogP contribution in [0.1, 0.15) is 18.4 Å². The quantitative estimate of drug-likeness (QED) is 0.866. The van der Waals surface area contributed by atoms with Crippen LogP contribution in [0.4, 0.5) is 0 Å². The zero-order chi connectivity index (χ0) is 13.1. The molecule has 1 N–H and O–H groups in total. The maximum Gasteiger partial charge on any atom is 0.107 e. The summed E-state index contributed by atoms with van der Waals surface area (Å²) in [6, 6.07) is 14.6. The lowest BCUT2D eigenvalue weighted by atomic mass is 10.0. The molecular formula is C16H17NOS. The SMILES string of the molecule is S=C(NC[C@H]1CCCO1)c1cccc2ccccc12. The molecule has 0 unspecified atom stereocenters. The molecule has 0 aromatic heterocycles. The molecule has 2 aromatic rings. The van der Waals surface area contributed by atoms with E-state index in [1.807, 2.05) is 0 Å². The van der Waals surface area contributed by atoms with Crippen LogP contribution in [0.3, 0.4) is 0 Å². The summed E-state index contributed by atoms with van der Waals surface area (Å²) in [5, 5.41) is 5.77. The van der Waals surface area contributed by atoms with Crippen molar-refractivity contribution in [3.05, 3.63) is 48.0 Å². The van der Waals surface area contributed by atoms with E-state index in [1.165, 1.54) is 10.8 Å². The van der Waals surface area contributed by atoms with Gasteiger partial charge in [0.2, 0.25) is 0 Å². The van der Waals surface area contributed by atoms with Crippen molar-refractivity contribution in [2.75, 3.05) is 13.2 Å². The van der Waals surface area contributed by atoms with Crippen molar-refractivity contribution in [1.82, 2.24) is 5.32 Å². The largest absolute Gasteiger partial charge is 0.376 e. The molecule has 1 fully saturated rings. The lowest BCUT2D eigenvalue weighted by Crippen LogP contribution is -2.31. The molecule has 1 saturated heterocycles. The number of thiocarbonyl (C=S) groups is 1. The molecule has 2 aromatic carbocycles. The normalized spacial score (nSPS) is 18.6. The first-order valence-corrected chi connectivity index (χ1v) is 7.13. The molecule has 1 atom stereocenters. The molecule has 1 aliphatic rings. The molecule has 0 radical (unpaired) electrons. The maximum atomic E-state index is 5.60. The maximum absolute atomic E-state index is 5.60. The molecule has 0 aliphatic carbocycles. The Balaban J connectivity index is 1.77. The van der Waals surface area contributed by atoms with Crippen LogP contribution in [0.15, 0.2) is 42.5 Å². The lowest BCUT2D eigenvalue weighted by Gasteiger charge is -2.14. The van der Waals surface area contributed by atoms with Gasteiger partial charge in [-0.15, -0.1) is 0 Å². The Kier molecular flexibility index (Phi) is 3.76. The Hall–Kier alpha value is -1.45. The monoisotopic (exact) mass is 271 g/mol. The van der Waals surface area contributed by atoms with Crippen LogP contribution < -0.4 is 5.32 Å². The van der Waals surface area contributed by atoms with E-state index in [-0.39, 0.29) is 0 Å². The number of hydrogen-bond acceptors (Lipinski definition) is 2. The van der Waals surface area contributed by atoms with Gasteiger partial charge in [0.05, 0.1) is 6.10 Å². The summed E-state index contributed by atoms with van der Waals surface area (Å²) in [6.07, 6.45) is 2.60. The molecule has 0 bridgehead atoms. The first kappa shape index (κ1) is 12.6. The Morgan fingerprint density at radius 1 is 1.21 bits per heavy atom. The minimum Gasteiger partial charge on any atom is -0.376 e. The molecule has 3 heteroatoms. The summed E-state index contributed by atoms with van der Waals surface area (Å²) in [6.45, 7) is 1.69. The molecule has 1 aliphatic heterocycles. The summed E-state index contributed by atoms with van der Waals surface area (Å²) < 4.78 is 5.60. The highest BCUT2D eigenvalue weighted by Crippen LogP contribution is 2.19. The number of nitrogens with one attached hydrogen (secondary N) is 1. The van der Waals surface area contributed by atoms with Crippen molar-refractivity contribution < 1.29 is 4.74 Å². The first-order chi connectivity index (χ1) is 9.34. The third kappa shape index (κ3) is 2.77. The number of hydrogen-bond donors (Lipinski definition) is 1. The van der Waals surface area contributed by atoms with Gasteiger partial charge >= 0.3 is 0 Å². The summed E-state index contributed by atoms with van der Waals surface area (Å²) in [5.74, 6) is 0. The average Bonchev–Trinajstić information content (AvgIpc) is 2.97. The average molecular weight is 271 g/mol. The van der Waals surface area contributed by atoms with E-state index in [0.717, 1.165) is 36.5 Å². The van der Waals surface area contributed by atoms with Crippen LogP contribution in [-0.2, 0) is 4.74 Å². The van der Waals surface area contributed by atoms with Gasteiger partial charge in [0.15, 0.2) is 0 Å². The standard InChI is InChI=1S/C16H17NOS/c19-16(17-11-13-7-4-10-18-13)15-9-3-6-12-5-1-2-8-14(12)15/h1-3,5-6,8-9,13H,4,7,10-11H2,(H,17,19)/t13-/m1/s1. The molecule has 0 saturated carbocycles. The molecule has 0 spiro atoms. The third-order valence-electron chi connectivity index (χ3n) is 3.55. The van der Waals surface area contributed by atoms with E-state index in [4.69, 9.17) is 17.0 Å². The van der Waals surface area contributed by atoms with Crippen molar-refractivity contribution in [2.24, 2.45) is 0 Å². The minimum absolute atomic E-state index is 0.313. The third-order valence-corrected chi connectivity index (χ3v) is 3.91. The Bertz CT molecular complexity index is 585. The molecule has 19 heavy (non-hydrogen) atoms. The molecular weight excluding hydrogens is 254 g/mol. The van der Waals surface area contributed by atoms with E-state index >= 15 is 0 Å². The highest BCUT2D eigenvalue weighted by Gasteiger charge is 2.16. The minimum atomic E-state index is 0.313. The van der Waals surface area contributed by atoms with E-state index in [1.54, 1.807) is 0 Å². The van der Waals surface area contributed by atoms with Gasteiger partial charge in [0.25, 0.3) is 0 Å². The van der Waals surface area contributed by atoms with Crippen LogP contribution in [0.2, 0.25) is 0 Å². The lowest BCUT2D eigenvalue weighted by molar-refractivity contribution is 0.114. The van der Waals surface area contributed by atoms with E-state index < -0.39 is 0 Å². The van der Waals surface area contributed by atoms with Crippen LogP contribution in [-0.4, -0.2) is 24.2 Å². The van der Waals surface area contributed by atoms with Crippen molar-refractivity contribution >= 4 is 28.0 Å². The second-order valence-electron chi connectivity index (χ2n) is 4.87. The fraction of sp³-hybridized carbons (Fsp3) is 0.312. The zero-order valence-corrected chi connectivity index (χ0v) is 11.6. The van der Waals surface area contributed by atoms with Gasteiger partial charge in [0, 0.05) is 18.7 Å². The van der Waals surface area contributed by atoms with Gasteiger partial charge in [-0.2, -0.15) is 0 Å². The second-order valence-corrected chi connectivity index (χ2v) is 5.28. The summed E-state index contributed by atoms with van der Waals surface area (Å²) in [7, 11) is 0. The highest BCUT2D eigenvalue weighted by atomic mass is 32.1. The predicted molar refractivity (Wildman–Crippen MR) is 82.6 cm³/mol. The fourth-order valence-corrected chi connectivity index (χ4v) is 2.79. The van der Waals surface area contributed by atoms with Gasteiger partial charge in [0.1, 0.15) is 4.99 Å². The molecule has 0 amide bonds. The number of benzene rings is 2. The van der Waals surface area contributed by atoms with Crippen molar-refractivity contribution in [3.63, 3.8) is 0 Å². The predicted octanol–water partition coefficient (Wildman–Crippen LogP) is 3.28. The first-order valence-electron chi connectivity index (χ1n) is 6.72. The van der Waals surface area contributed by atoms with Gasteiger partial charge in [-0.1, -0.05) is 54.7 Å². The summed E-state index contributed by atoms with van der Waals surface area (Å²) in [5.41, 5.74) is 1.10. The van der Waals surface area contributed by atoms with Crippen LogP contribution in [0.5, 0.6) is 0 Å². The highest BCUT2D eigenvalue weighted by molar-refractivity contribution is 7.80. The summed E-state index contributed by atoms with van der Waals surface area (Å²) in [4.78, 5) is 0.812. The van der Waals surface area contributed by atoms with Gasteiger partial charge < -0.3 is 10.1 Å². The van der Waals surface area contributed by atoms with E-state index in [2.05, 4.69) is 47.8 Å². The number of rotatable bonds is 3. The molecule has 1 heterocycles. The molecule has 3 rings (SSSR count). The van der Waals surface area contributed by atoms with Crippen molar-refractivity contribution in [2.45, 2.75) is 18.9 Å². The van der Waals surface area contributed by atoms with Crippen molar-refractivity contribution in [1.29, 1.82) is 0 Å².